The zero-order chi connectivity index (χ0) is 13.9. The van der Waals surface area contributed by atoms with Gasteiger partial charge in [-0.1, -0.05) is 30.3 Å². The summed E-state index contributed by atoms with van der Waals surface area (Å²) in [6.07, 6.45) is 3.08. The molecule has 4 heteroatoms. The van der Waals surface area contributed by atoms with Crippen LogP contribution in [-0.2, 0) is 9.16 Å². The van der Waals surface area contributed by atoms with Crippen molar-refractivity contribution in [3.05, 3.63) is 47.7 Å². The third kappa shape index (κ3) is 4.40. The van der Waals surface area contributed by atoms with Crippen molar-refractivity contribution in [3.63, 3.8) is 0 Å². The number of hydrogen-bond acceptors (Lipinski definition) is 3. The van der Waals surface area contributed by atoms with Gasteiger partial charge in [0, 0.05) is 18.8 Å². The standard InChI is InChI=1S/C15H22O2SSi/c1-16-15-11-13(17-19(2,3)4)10-14(18-15)12-8-6-5-7-9-12/h5-9,11,14-15H,10H2,1-4H3. The summed E-state index contributed by atoms with van der Waals surface area (Å²) in [5.74, 6) is 1.10. The number of ether oxygens (including phenoxy) is 1. The van der Waals surface area contributed by atoms with Crippen LogP contribution in [0.3, 0.4) is 0 Å². The highest BCUT2D eigenvalue weighted by Gasteiger charge is 2.28. The Kier molecular flexibility index (Phi) is 4.76. The number of allylic oxidation sites excluding steroid dienone is 1. The van der Waals surface area contributed by atoms with Gasteiger partial charge >= 0.3 is 0 Å². The van der Waals surface area contributed by atoms with Crippen molar-refractivity contribution < 1.29 is 9.16 Å². The minimum atomic E-state index is -1.55. The zero-order valence-corrected chi connectivity index (χ0v) is 13.9. The van der Waals surface area contributed by atoms with Crippen LogP contribution < -0.4 is 0 Å². The lowest BCUT2D eigenvalue weighted by Crippen LogP contribution is -2.27. The van der Waals surface area contributed by atoms with Gasteiger partial charge in [-0.15, -0.1) is 11.8 Å². The van der Waals surface area contributed by atoms with Gasteiger partial charge in [-0.3, -0.25) is 0 Å². The zero-order valence-electron chi connectivity index (χ0n) is 12.1. The molecule has 2 rings (SSSR count). The molecule has 0 fully saturated rings. The molecule has 0 N–H and O–H groups in total. The number of hydrogen-bond donors (Lipinski definition) is 0. The molecule has 104 valence electrons. The van der Waals surface area contributed by atoms with Crippen LogP contribution in [0, 0.1) is 0 Å². The fraction of sp³-hybridized carbons (Fsp3) is 0.467. The van der Waals surface area contributed by atoms with Crippen LogP contribution in [0.25, 0.3) is 0 Å². The molecular weight excluding hydrogens is 272 g/mol. The van der Waals surface area contributed by atoms with E-state index in [9.17, 15) is 0 Å². The minimum absolute atomic E-state index is 0.0882. The molecular formula is C15H22O2SSi. The van der Waals surface area contributed by atoms with E-state index in [4.69, 9.17) is 9.16 Å². The molecule has 0 saturated heterocycles. The maximum atomic E-state index is 6.17. The molecule has 0 amide bonds. The molecule has 0 saturated carbocycles. The Bertz CT molecular complexity index is 439. The van der Waals surface area contributed by atoms with Crippen molar-refractivity contribution in [2.24, 2.45) is 0 Å². The molecule has 0 aliphatic carbocycles. The fourth-order valence-electron chi connectivity index (χ4n) is 2.11. The average Bonchev–Trinajstić information content (AvgIpc) is 2.37. The molecule has 1 aliphatic heterocycles. The lowest BCUT2D eigenvalue weighted by molar-refractivity contribution is 0.200. The van der Waals surface area contributed by atoms with Crippen LogP contribution in [0.1, 0.15) is 17.2 Å². The van der Waals surface area contributed by atoms with E-state index in [0.29, 0.717) is 5.25 Å². The molecule has 0 bridgehead atoms. The lowest BCUT2D eigenvalue weighted by Gasteiger charge is -2.31. The summed E-state index contributed by atoms with van der Waals surface area (Å²) in [4.78, 5) is 0. The SMILES string of the molecule is COC1C=C(O[Si](C)(C)C)CC(c2ccccc2)S1. The number of thioether (sulfide) groups is 1. The summed E-state index contributed by atoms with van der Waals surface area (Å²) in [7, 11) is 0.207. The van der Waals surface area contributed by atoms with E-state index in [0.717, 1.165) is 12.2 Å². The Morgan fingerprint density at radius 3 is 2.42 bits per heavy atom. The Morgan fingerprint density at radius 1 is 1.16 bits per heavy atom. The molecule has 0 spiro atoms. The third-order valence-corrected chi connectivity index (χ3v) is 5.09. The van der Waals surface area contributed by atoms with Crippen LogP contribution in [-0.4, -0.2) is 20.9 Å². The van der Waals surface area contributed by atoms with Crippen molar-refractivity contribution in [2.75, 3.05) is 7.11 Å². The van der Waals surface area contributed by atoms with Crippen LogP contribution in [0.5, 0.6) is 0 Å². The highest BCUT2D eigenvalue weighted by atomic mass is 32.2. The smallest absolute Gasteiger partial charge is 0.241 e. The van der Waals surface area contributed by atoms with Gasteiger partial charge in [-0.25, -0.2) is 0 Å². The van der Waals surface area contributed by atoms with Crippen molar-refractivity contribution in [1.29, 1.82) is 0 Å². The lowest BCUT2D eigenvalue weighted by atomic mass is 10.1. The molecule has 0 aromatic heterocycles. The van der Waals surface area contributed by atoms with Crippen LogP contribution in [0.2, 0.25) is 19.6 Å². The normalized spacial score (nSPS) is 23.9. The molecule has 19 heavy (non-hydrogen) atoms. The van der Waals surface area contributed by atoms with Gasteiger partial charge in [-0.05, 0) is 31.3 Å². The molecule has 1 aliphatic rings. The van der Waals surface area contributed by atoms with Gasteiger partial charge in [0.1, 0.15) is 5.44 Å². The van der Waals surface area contributed by atoms with E-state index >= 15 is 0 Å². The number of methoxy groups -OCH3 is 1. The summed E-state index contributed by atoms with van der Waals surface area (Å²) in [6.45, 7) is 6.65. The molecule has 0 radical (unpaired) electrons. The Balaban J connectivity index is 2.15. The van der Waals surface area contributed by atoms with Gasteiger partial charge in [0.05, 0.1) is 5.76 Å². The Hall–Kier alpha value is -0.713. The van der Waals surface area contributed by atoms with Gasteiger partial charge in [0.2, 0.25) is 8.32 Å². The summed E-state index contributed by atoms with van der Waals surface area (Å²) in [5.41, 5.74) is 1.43. The first-order chi connectivity index (χ1) is 8.98. The maximum absolute atomic E-state index is 6.17. The highest BCUT2D eigenvalue weighted by Crippen LogP contribution is 2.43. The van der Waals surface area contributed by atoms with E-state index in [1.54, 1.807) is 7.11 Å². The minimum Gasteiger partial charge on any atom is -0.547 e. The first kappa shape index (κ1) is 14.7. The Morgan fingerprint density at radius 2 is 1.84 bits per heavy atom. The first-order valence-electron chi connectivity index (χ1n) is 6.61. The van der Waals surface area contributed by atoms with Crippen molar-refractivity contribution in [1.82, 2.24) is 0 Å². The third-order valence-electron chi connectivity index (χ3n) is 2.85. The van der Waals surface area contributed by atoms with Crippen LogP contribution >= 0.6 is 11.8 Å². The largest absolute Gasteiger partial charge is 0.547 e. The average molecular weight is 294 g/mol. The predicted octanol–water partition coefficient (Wildman–Crippen LogP) is 4.57. The molecule has 1 aromatic carbocycles. The second-order valence-electron chi connectivity index (χ2n) is 5.69. The molecule has 1 aromatic rings. The Labute approximate surface area is 121 Å². The quantitative estimate of drug-likeness (QED) is 0.758. The first-order valence-corrected chi connectivity index (χ1v) is 11.0. The summed E-state index contributed by atoms with van der Waals surface area (Å²) in [5, 5.41) is 0.419. The summed E-state index contributed by atoms with van der Waals surface area (Å²) in [6, 6.07) is 10.6. The van der Waals surface area contributed by atoms with E-state index in [-0.39, 0.29) is 5.44 Å². The molecule has 2 nitrogen and oxygen atoms in total. The van der Waals surface area contributed by atoms with Gasteiger partial charge in [-0.2, -0.15) is 0 Å². The van der Waals surface area contributed by atoms with Gasteiger partial charge in [0.25, 0.3) is 0 Å². The van der Waals surface area contributed by atoms with E-state index in [1.165, 1.54) is 5.56 Å². The van der Waals surface area contributed by atoms with E-state index in [2.05, 4.69) is 56.0 Å². The van der Waals surface area contributed by atoms with Gasteiger partial charge < -0.3 is 9.16 Å². The van der Waals surface area contributed by atoms with Gasteiger partial charge in [0.15, 0.2) is 0 Å². The molecule has 1 heterocycles. The summed E-state index contributed by atoms with van der Waals surface area (Å²) < 4.78 is 11.7. The number of benzene rings is 1. The second kappa shape index (κ2) is 6.16. The van der Waals surface area contributed by atoms with E-state index in [1.807, 2.05) is 11.8 Å². The van der Waals surface area contributed by atoms with Crippen LogP contribution in [0.4, 0.5) is 0 Å². The van der Waals surface area contributed by atoms with Crippen LogP contribution in [0.15, 0.2) is 42.2 Å². The van der Waals surface area contributed by atoms with Crippen molar-refractivity contribution in [2.45, 2.75) is 36.7 Å². The molecule has 2 atom stereocenters. The van der Waals surface area contributed by atoms with E-state index < -0.39 is 8.32 Å². The summed E-state index contributed by atoms with van der Waals surface area (Å²) >= 11 is 1.85. The van der Waals surface area contributed by atoms with Crippen molar-refractivity contribution >= 4 is 20.1 Å². The highest BCUT2D eigenvalue weighted by molar-refractivity contribution is 8.00. The van der Waals surface area contributed by atoms with Crippen molar-refractivity contribution in [3.8, 4) is 0 Å². The number of rotatable bonds is 4. The predicted molar refractivity (Wildman–Crippen MR) is 84.7 cm³/mol. The second-order valence-corrected chi connectivity index (χ2v) is 11.4. The topological polar surface area (TPSA) is 18.5 Å². The fourth-order valence-corrected chi connectivity index (χ4v) is 4.29. The monoisotopic (exact) mass is 294 g/mol. The molecule has 2 unspecified atom stereocenters. The maximum Gasteiger partial charge on any atom is 0.241 e.